The Labute approximate surface area is 139 Å². The monoisotopic (exact) mass is 337 g/mol. The Hall–Kier alpha value is -1.14. The molecule has 0 spiro atoms. The van der Waals surface area contributed by atoms with E-state index in [0.29, 0.717) is 6.42 Å². The molecule has 0 unspecified atom stereocenters. The van der Waals surface area contributed by atoms with Crippen molar-refractivity contribution in [3.8, 4) is 0 Å². The molecule has 0 aliphatic carbocycles. The molecule has 118 valence electrons. The third kappa shape index (κ3) is 3.60. The molecule has 1 saturated heterocycles. The van der Waals surface area contributed by atoms with Gasteiger partial charge in [0.25, 0.3) is 0 Å². The largest absolute Gasteiger partial charge is 0.370 e. The van der Waals surface area contributed by atoms with Gasteiger partial charge in [-0.15, -0.1) is 11.3 Å². The van der Waals surface area contributed by atoms with Crippen LogP contribution >= 0.6 is 22.9 Å². The van der Waals surface area contributed by atoms with E-state index in [1.165, 1.54) is 9.58 Å². The zero-order valence-electron chi connectivity index (χ0n) is 12.4. The van der Waals surface area contributed by atoms with E-state index in [4.69, 9.17) is 17.3 Å². The van der Waals surface area contributed by atoms with Gasteiger partial charge in [-0.05, 0) is 6.07 Å². The number of halogens is 1. The van der Waals surface area contributed by atoms with Gasteiger partial charge in [-0.1, -0.05) is 29.8 Å². The summed E-state index contributed by atoms with van der Waals surface area (Å²) in [7, 11) is 0. The summed E-state index contributed by atoms with van der Waals surface area (Å²) in [6, 6.07) is 8.29. The van der Waals surface area contributed by atoms with E-state index in [1.54, 1.807) is 11.3 Å². The maximum absolute atomic E-state index is 10.8. The van der Waals surface area contributed by atoms with Gasteiger partial charge < -0.3 is 10.6 Å². The summed E-state index contributed by atoms with van der Waals surface area (Å²) in [5, 5.41) is 2.06. The fraction of sp³-hybridized carbons (Fsp3) is 0.438. The number of nitrogens with two attached hydrogens (primary N) is 1. The number of thiophene rings is 1. The molecule has 0 saturated carbocycles. The number of rotatable bonds is 5. The van der Waals surface area contributed by atoms with E-state index in [0.717, 1.165) is 49.7 Å². The minimum Gasteiger partial charge on any atom is -0.370 e. The van der Waals surface area contributed by atoms with E-state index < -0.39 is 0 Å². The molecule has 4 nitrogen and oxygen atoms in total. The van der Waals surface area contributed by atoms with Crippen molar-refractivity contribution in [2.75, 3.05) is 32.7 Å². The van der Waals surface area contributed by atoms with Crippen molar-refractivity contribution in [3.05, 3.63) is 34.2 Å². The average molecular weight is 338 g/mol. The van der Waals surface area contributed by atoms with Crippen molar-refractivity contribution in [2.45, 2.75) is 13.0 Å². The summed E-state index contributed by atoms with van der Waals surface area (Å²) < 4.78 is 1.25. The highest BCUT2D eigenvalue weighted by molar-refractivity contribution is 7.19. The summed E-state index contributed by atoms with van der Waals surface area (Å²) in [4.78, 5) is 16.8. The van der Waals surface area contributed by atoms with Crippen LogP contribution in [0.3, 0.4) is 0 Å². The molecule has 1 aliphatic heterocycles. The van der Waals surface area contributed by atoms with Crippen molar-refractivity contribution >= 4 is 38.9 Å². The molecule has 1 aromatic heterocycles. The Balaban J connectivity index is 1.58. The smallest absolute Gasteiger partial charge is 0.218 e. The van der Waals surface area contributed by atoms with Crippen LogP contribution in [0, 0.1) is 0 Å². The van der Waals surface area contributed by atoms with Crippen molar-refractivity contribution in [1.29, 1.82) is 0 Å². The van der Waals surface area contributed by atoms with Crippen LogP contribution in [-0.4, -0.2) is 48.4 Å². The number of amides is 1. The lowest BCUT2D eigenvalue weighted by atomic mass is 10.2. The van der Waals surface area contributed by atoms with Gasteiger partial charge in [0.05, 0.1) is 5.02 Å². The highest BCUT2D eigenvalue weighted by Crippen LogP contribution is 2.35. The molecule has 2 N–H and O–H groups in total. The lowest BCUT2D eigenvalue weighted by Crippen LogP contribution is -2.46. The molecule has 2 aromatic rings. The van der Waals surface area contributed by atoms with Crippen molar-refractivity contribution in [3.63, 3.8) is 0 Å². The van der Waals surface area contributed by atoms with Crippen molar-refractivity contribution < 1.29 is 4.79 Å². The van der Waals surface area contributed by atoms with E-state index >= 15 is 0 Å². The molecule has 22 heavy (non-hydrogen) atoms. The molecule has 0 atom stereocenters. The van der Waals surface area contributed by atoms with Crippen molar-refractivity contribution in [2.24, 2.45) is 5.73 Å². The lowest BCUT2D eigenvalue weighted by molar-refractivity contribution is -0.118. The van der Waals surface area contributed by atoms with Gasteiger partial charge in [0.2, 0.25) is 5.91 Å². The molecule has 1 amide bonds. The maximum Gasteiger partial charge on any atom is 0.218 e. The molecule has 1 fully saturated rings. The average Bonchev–Trinajstić information content (AvgIpc) is 2.83. The number of fused-ring (bicyclic) bond motifs is 1. The molecule has 0 bridgehead atoms. The van der Waals surface area contributed by atoms with Gasteiger partial charge in [-0.3, -0.25) is 9.69 Å². The van der Waals surface area contributed by atoms with Crippen LogP contribution in [0.4, 0.5) is 0 Å². The number of carbonyl (C=O) groups is 1. The van der Waals surface area contributed by atoms with Gasteiger partial charge in [-0.25, -0.2) is 0 Å². The SMILES string of the molecule is NC(=O)CCN1CCN(Cc2sc3ccccc3c2Cl)CC1. The first kappa shape index (κ1) is 15.7. The van der Waals surface area contributed by atoms with Crippen LogP contribution in [-0.2, 0) is 11.3 Å². The molecule has 0 radical (unpaired) electrons. The first-order valence-electron chi connectivity index (χ1n) is 7.52. The Bertz CT molecular complexity index is 664. The quantitative estimate of drug-likeness (QED) is 0.912. The molecular weight excluding hydrogens is 318 g/mol. The van der Waals surface area contributed by atoms with Crippen LogP contribution < -0.4 is 5.73 Å². The zero-order chi connectivity index (χ0) is 15.5. The standard InChI is InChI=1S/C16H20ClN3OS/c17-16-12-3-1-2-4-13(12)22-14(16)11-20-9-7-19(8-10-20)6-5-15(18)21/h1-4H,5-11H2,(H2,18,21). The first-order valence-corrected chi connectivity index (χ1v) is 8.72. The van der Waals surface area contributed by atoms with E-state index in [9.17, 15) is 4.79 Å². The second-order valence-electron chi connectivity index (χ2n) is 5.67. The molecule has 1 aromatic carbocycles. The molecule has 2 heterocycles. The predicted molar refractivity (Wildman–Crippen MR) is 92.4 cm³/mol. The van der Waals surface area contributed by atoms with Gasteiger partial charge in [0.1, 0.15) is 0 Å². The fourth-order valence-electron chi connectivity index (χ4n) is 2.81. The van der Waals surface area contributed by atoms with E-state index in [2.05, 4.69) is 28.0 Å². The molecular formula is C16H20ClN3OS. The lowest BCUT2D eigenvalue weighted by Gasteiger charge is -2.34. The Kier molecular flexibility index (Phi) is 4.98. The minimum atomic E-state index is -0.223. The number of primary amides is 1. The second-order valence-corrected chi connectivity index (χ2v) is 7.18. The number of benzene rings is 1. The number of piperazine rings is 1. The predicted octanol–water partition coefficient (Wildman–Crippen LogP) is 2.55. The number of nitrogens with zero attached hydrogens (tertiary/aromatic N) is 2. The van der Waals surface area contributed by atoms with Gasteiger partial charge >= 0.3 is 0 Å². The van der Waals surface area contributed by atoms with Crippen LogP contribution in [0.25, 0.3) is 10.1 Å². The van der Waals surface area contributed by atoms with Gasteiger partial charge in [0.15, 0.2) is 0 Å². The third-order valence-corrected chi connectivity index (χ3v) is 5.81. The number of hydrogen-bond donors (Lipinski definition) is 1. The van der Waals surface area contributed by atoms with E-state index in [-0.39, 0.29) is 5.91 Å². The van der Waals surface area contributed by atoms with Crippen LogP contribution in [0.5, 0.6) is 0 Å². The summed E-state index contributed by atoms with van der Waals surface area (Å²) in [5.74, 6) is -0.223. The van der Waals surface area contributed by atoms with Gasteiger partial charge in [0, 0.05) is 60.7 Å². The van der Waals surface area contributed by atoms with Crippen LogP contribution in [0.15, 0.2) is 24.3 Å². The maximum atomic E-state index is 10.8. The zero-order valence-corrected chi connectivity index (χ0v) is 14.0. The van der Waals surface area contributed by atoms with E-state index in [1.807, 2.05) is 6.07 Å². The van der Waals surface area contributed by atoms with Gasteiger partial charge in [-0.2, -0.15) is 0 Å². The Morgan fingerprint density at radius 1 is 1.18 bits per heavy atom. The van der Waals surface area contributed by atoms with Crippen molar-refractivity contribution in [1.82, 2.24) is 9.80 Å². The third-order valence-electron chi connectivity index (χ3n) is 4.11. The Morgan fingerprint density at radius 2 is 1.86 bits per heavy atom. The number of carbonyl (C=O) groups excluding carboxylic acids is 1. The summed E-state index contributed by atoms with van der Waals surface area (Å²) in [6.07, 6.45) is 0.447. The van der Waals surface area contributed by atoms with Crippen LogP contribution in [0.1, 0.15) is 11.3 Å². The molecule has 3 rings (SSSR count). The summed E-state index contributed by atoms with van der Waals surface area (Å²) >= 11 is 8.30. The minimum absolute atomic E-state index is 0.223. The summed E-state index contributed by atoms with van der Waals surface area (Å²) in [5.41, 5.74) is 5.20. The summed E-state index contributed by atoms with van der Waals surface area (Å²) in [6.45, 7) is 5.65. The first-order chi connectivity index (χ1) is 10.6. The highest BCUT2D eigenvalue weighted by atomic mass is 35.5. The number of hydrogen-bond acceptors (Lipinski definition) is 4. The molecule has 6 heteroatoms. The second kappa shape index (κ2) is 6.96. The van der Waals surface area contributed by atoms with Crippen LogP contribution in [0.2, 0.25) is 5.02 Å². The fourth-order valence-corrected chi connectivity index (χ4v) is 4.34. The molecule has 1 aliphatic rings. The normalized spacial score (nSPS) is 17.1. The Morgan fingerprint density at radius 3 is 2.55 bits per heavy atom. The topological polar surface area (TPSA) is 49.6 Å². The highest BCUT2D eigenvalue weighted by Gasteiger charge is 2.19.